The summed E-state index contributed by atoms with van der Waals surface area (Å²) < 4.78 is 68.1. The van der Waals surface area contributed by atoms with Crippen LogP contribution < -0.4 is 4.72 Å². The molecule has 0 amide bonds. The lowest BCUT2D eigenvalue weighted by molar-refractivity contribution is -0.137. The van der Waals surface area contributed by atoms with Crippen molar-refractivity contribution in [3.8, 4) is 11.3 Å². The van der Waals surface area contributed by atoms with Gasteiger partial charge in [0.15, 0.2) is 0 Å². The second-order valence-corrected chi connectivity index (χ2v) is 8.23. The van der Waals surface area contributed by atoms with E-state index in [0.717, 1.165) is 23.9 Å². The van der Waals surface area contributed by atoms with Gasteiger partial charge in [-0.25, -0.2) is 18.4 Å². The molecule has 0 atom stereocenters. The third-order valence-electron chi connectivity index (χ3n) is 4.50. The third kappa shape index (κ3) is 3.73. The van der Waals surface area contributed by atoms with Gasteiger partial charge in [-0.2, -0.15) is 13.2 Å². The summed E-state index contributed by atoms with van der Waals surface area (Å²) >= 11 is 0. The number of rotatable bonds is 4. The minimum absolute atomic E-state index is 0.203. The first-order chi connectivity index (χ1) is 14.1. The van der Waals surface area contributed by atoms with Crippen molar-refractivity contribution in [1.29, 1.82) is 0 Å². The van der Waals surface area contributed by atoms with Crippen LogP contribution in [0.2, 0.25) is 0 Å². The molecule has 0 aliphatic carbocycles. The zero-order valence-corrected chi connectivity index (χ0v) is 16.4. The number of benzene rings is 2. The third-order valence-corrected chi connectivity index (χ3v) is 5.88. The van der Waals surface area contributed by atoms with Gasteiger partial charge in [-0.15, -0.1) is 0 Å². The van der Waals surface area contributed by atoms with Crippen LogP contribution in [0.15, 0.2) is 71.9 Å². The molecule has 10 heteroatoms. The molecule has 0 spiro atoms. The van der Waals surface area contributed by atoms with Crippen molar-refractivity contribution in [3.63, 3.8) is 0 Å². The van der Waals surface area contributed by atoms with E-state index >= 15 is 0 Å². The maximum Gasteiger partial charge on any atom is 0.416 e. The Balaban J connectivity index is 1.68. The highest BCUT2D eigenvalue weighted by atomic mass is 32.2. The van der Waals surface area contributed by atoms with Gasteiger partial charge < -0.3 is 0 Å². The Morgan fingerprint density at radius 1 is 1.03 bits per heavy atom. The maximum atomic E-state index is 12.9. The number of aromatic nitrogens is 3. The summed E-state index contributed by atoms with van der Waals surface area (Å²) in [4.78, 5) is 8.18. The maximum absolute atomic E-state index is 12.9. The van der Waals surface area contributed by atoms with Gasteiger partial charge in [-0.1, -0.05) is 18.2 Å². The lowest BCUT2D eigenvalue weighted by Crippen LogP contribution is -2.14. The van der Waals surface area contributed by atoms with Crippen molar-refractivity contribution in [2.24, 2.45) is 0 Å². The van der Waals surface area contributed by atoms with E-state index in [1.165, 1.54) is 6.07 Å². The van der Waals surface area contributed by atoms with Crippen molar-refractivity contribution >= 4 is 21.5 Å². The molecule has 0 saturated heterocycles. The number of hydrogen-bond acceptors (Lipinski definition) is 4. The fourth-order valence-corrected chi connectivity index (χ4v) is 4.15. The summed E-state index contributed by atoms with van der Waals surface area (Å²) in [6, 6.07) is 11.8. The quantitative estimate of drug-likeness (QED) is 0.514. The number of aryl methyl sites for hydroxylation is 1. The SMILES string of the molecule is Cc1c(-c2cccc(NS(=O)(=O)c3cccc(C(F)(F)F)c3)c2)nc2ncccn12. The highest BCUT2D eigenvalue weighted by Crippen LogP contribution is 2.31. The van der Waals surface area contributed by atoms with Gasteiger partial charge in [-0.3, -0.25) is 9.12 Å². The van der Waals surface area contributed by atoms with Crippen LogP contribution in [0.4, 0.5) is 18.9 Å². The van der Waals surface area contributed by atoms with Crippen LogP contribution in [0.5, 0.6) is 0 Å². The highest BCUT2D eigenvalue weighted by Gasteiger charge is 2.31. The first-order valence-corrected chi connectivity index (χ1v) is 10.2. The first-order valence-electron chi connectivity index (χ1n) is 8.75. The molecule has 4 aromatic rings. The Labute approximate surface area is 170 Å². The Kier molecular flexibility index (Phi) is 4.73. The van der Waals surface area contributed by atoms with Gasteiger partial charge in [-0.05, 0) is 43.3 Å². The average Bonchev–Trinajstić information content (AvgIpc) is 3.04. The number of halogens is 3. The predicted octanol–water partition coefficient (Wildman–Crippen LogP) is 4.52. The Morgan fingerprint density at radius 3 is 2.53 bits per heavy atom. The van der Waals surface area contributed by atoms with Crippen LogP contribution in [0.25, 0.3) is 17.0 Å². The minimum atomic E-state index is -4.64. The molecular formula is C20H15F3N4O2S. The average molecular weight is 432 g/mol. The summed E-state index contributed by atoms with van der Waals surface area (Å²) in [6.07, 6.45) is -1.21. The molecule has 30 heavy (non-hydrogen) atoms. The normalized spacial score (nSPS) is 12.3. The number of anilines is 1. The van der Waals surface area contributed by atoms with Crippen LogP contribution >= 0.6 is 0 Å². The van der Waals surface area contributed by atoms with Gasteiger partial charge in [0.1, 0.15) is 0 Å². The van der Waals surface area contributed by atoms with E-state index < -0.39 is 26.7 Å². The molecule has 2 aromatic heterocycles. The molecule has 154 valence electrons. The van der Waals surface area contributed by atoms with Crippen LogP contribution in [0.1, 0.15) is 11.3 Å². The molecule has 6 nitrogen and oxygen atoms in total. The number of nitrogens with zero attached hydrogens (tertiary/aromatic N) is 3. The molecule has 4 rings (SSSR count). The zero-order valence-electron chi connectivity index (χ0n) is 15.6. The highest BCUT2D eigenvalue weighted by molar-refractivity contribution is 7.92. The molecule has 2 aromatic carbocycles. The Bertz CT molecular complexity index is 1350. The van der Waals surface area contributed by atoms with Crippen molar-refractivity contribution in [3.05, 3.63) is 78.2 Å². The van der Waals surface area contributed by atoms with Crippen molar-refractivity contribution < 1.29 is 21.6 Å². The minimum Gasteiger partial charge on any atom is -0.288 e. The van der Waals surface area contributed by atoms with E-state index in [1.54, 1.807) is 34.9 Å². The smallest absolute Gasteiger partial charge is 0.288 e. The van der Waals surface area contributed by atoms with Crippen LogP contribution in [0.3, 0.4) is 0 Å². The van der Waals surface area contributed by atoms with Gasteiger partial charge in [0, 0.05) is 29.3 Å². The molecule has 0 saturated carbocycles. The van der Waals surface area contributed by atoms with Crippen molar-refractivity contribution in [2.75, 3.05) is 4.72 Å². The van der Waals surface area contributed by atoms with Gasteiger partial charge in [0.25, 0.3) is 10.0 Å². The Morgan fingerprint density at radius 2 is 1.80 bits per heavy atom. The van der Waals surface area contributed by atoms with E-state index in [-0.39, 0.29) is 5.69 Å². The number of nitrogens with one attached hydrogen (secondary N) is 1. The second kappa shape index (κ2) is 7.13. The fraction of sp³-hybridized carbons (Fsp3) is 0.100. The standard InChI is InChI=1S/C20H15F3N4O2S/c1-13-18(25-19-24-9-4-10-27(13)19)14-5-2-7-16(11-14)26-30(28,29)17-8-3-6-15(12-17)20(21,22)23/h2-12,26H,1H3. The van der Waals surface area contributed by atoms with Gasteiger partial charge in [0.05, 0.1) is 16.2 Å². The molecule has 0 bridgehead atoms. The summed E-state index contributed by atoms with van der Waals surface area (Å²) in [6.45, 7) is 1.86. The topological polar surface area (TPSA) is 76.4 Å². The molecular weight excluding hydrogens is 417 g/mol. The number of imidazole rings is 1. The van der Waals surface area contributed by atoms with Gasteiger partial charge >= 0.3 is 6.18 Å². The molecule has 0 aliphatic rings. The molecule has 0 fully saturated rings. The summed E-state index contributed by atoms with van der Waals surface area (Å²) in [5.74, 6) is 0.500. The molecule has 1 N–H and O–H groups in total. The molecule has 0 aliphatic heterocycles. The fourth-order valence-electron chi connectivity index (χ4n) is 3.06. The van der Waals surface area contributed by atoms with E-state index in [4.69, 9.17) is 0 Å². The summed E-state index contributed by atoms with van der Waals surface area (Å²) in [7, 11) is -4.22. The van der Waals surface area contributed by atoms with Crippen molar-refractivity contribution in [2.45, 2.75) is 18.0 Å². The van der Waals surface area contributed by atoms with Gasteiger partial charge in [0.2, 0.25) is 5.78 Å². The summed E-state index contributed by atoms with van der Waals surface area (Å²) in [5.41, 5.74) is 1.24. The summed E-state index contributed by atoms with van der Waals surface area (Å²) in [5, 5.41) is 0. The molecule has 2 heterocycles. The second-order valence-electron chi connectivity index (χ2n) is 6.55. The van der Waals surface area contributed by atoms with Crippen molar-refractivity contribution in [1.82, 2.24) is 14.4 Å². The monoisotopic (exact) mass is 432 g/mol. The lowest BCUT2D eigenvalue weighted by Gasteiger charge is -2.12. The van der Waals surface area contributed by atoms with E-state index in [2.05, 4.69) is 14.7 Å². The number of sulfonamides is 1. The lowest BCUT2D eigenvalue weighted by atomic mass is 10.1. The van der Waals surface area contributed by atoms with Crippen LogP contribution in [0, 0.1) is 6.92 Å². The number of hydrogen-bond donors (Lipinski definition) is 1. The number of fused-ring (bicyclic) bond motifs is 1. The first kappa shape index (κ1) is 19.9. The van der Waals surface area contributed by atoms with Crippen LogP contribution in [-0.2, 0) is 16.2 Å². The van der Waals surface area contributed by atoms with E-state index in [9.17, 15) is 21.6 Å². The van der Waals surface area contributed by atoms with Crippen LogP contribution in [-0.4, -0.2) is 22.8 Å². The zero-order chi connectivity index (χ0) is 21.5. The predicted molar refractivity (Wildman–Crippen MR) is 105 cm³/mol. The Hall–Kier alpha value is -3.40. The van der Waals surface area contributed by atoms with E-state index in [1.807, 2.05) is 13.1 Å². The molecule has 0 unspecified atom stereocenters. The number of alkyl halides is 3. The largest absolute Gasteiger partial charge is 0.416 e. The van der Waals surface area contributed by atoms with E-state index in [0.29, 0.717) is 23.1 Å². The molecule has 0 radical (unpaired) electrons.